The van der Waals surface area contributed by atoms with E-state index in [2.05, 4.69) is 69.8 Å². The molecule has 6 rings (SSSR count). The number of carbonyl (C=O) groups is 3. The lowest BCUT2D eigenvalue weighted by atomic mass is 9.95. The first-order valence-corrected chi connectivity index (χ1v) is 16.7. The van der Waals surface area contributed by atoms with Gasteiger partial charge in [0.1, 0.15) is 12.1 Å². The molecule has 8 nitrogen and oxygen atoms in total. The van der Waals surface area contributed by atoms with Gasteiger partial charge in [0.2, 0.25) is 17.7 Å². The molecule has 2 aliphatic heterocycles. The van der Waals surface area contributed by atoms with Gasteiger partial charge in [0.05, 0.1) is 0 Å². The van der Waals surface area contributed by atoms with Gasteiger partial charge in [0.25, 0.3) is 0 Å². The number of nitrogens with one attached hydrogen (secondary N) is 4. The second-order valence-corrected chi connectivity index (χ2v) is 12.9. The fraction of sp³-hybridized carbons (Fsp3) is 0.395. The summed E-state index contributed by atoms with van der Waals surface area (Å²) in [5, 5.41) is 17.5. The van der Waals surface area contributed by atoms with E-state index < -0.39 is 12.1 Å². The van der Waals surface area contributed by atoms with Crippen molar-refractivity contribution in [2.24, 2.45) is 5.92 Å². The topological polar surface area (TPSA) is 103 Å². The standard InChI is InChI=1S/C38H45N5O3/c1-43(35(37(45)41-33-16-20-40-21-17-33)25-27-11-13-29-7-3-5-9-32(29)23-27)38(46)34(42-36(44)30-14-18-39-19-15-30)24-26-10-12-28-6-2-4-8-31(28)22-26/h2-13,22-23,30,33-35,39-40H,14-21,24-25H2,1H3,(H,41,45)(H,42,44)/t34-,35?/m1/s1. The molecular formula is C38H45N5O3. The van der Waals surface area contributed by atoms with Crippen molar-refractivity contribution in [3.63, 3.8) is 0 Å². The van der Waals surface area contributed by atoms with Gasteiger partial charge in [0.15, 0.2) is 0 Å². The molecule has 1 unspecified atom stereocenters. The van der Waals surface area contributed by atoms with Crippen molar-refractivity contribution in [1.29, 1.82) is 0 Å². The number of carbonyl (C=O) groups excluding carboxylic acids is 3. The molecule has 2 heterocycles. The highest BCUT2D eigenvalue weighted by Crippen LogP contribution is 2.21. The normalized spacial score (nSPS) is 17.3. The molecule has 0 radical (unpaired) electrons. The highest BCUT2D eigenvalue weighted by atomic mass is 16.2. The van der Waals surface area contributed by atoms with Crippen LogP contribution < -0.4 is 21.3 Å². The van der Waals surface area contributed by atoms with E-state index in [1.165, 1.54) is 0 Å². The summed E-state index contributed by atoms with van der Waals surface area (Å²) in [6.07, 6.45) is 3.88. The molecule has 8 heteroatoms. The van der Waals surface area contributed by atoms with Crippen LogP contribution in [-0.4, -0.2) is 74.0 Å². The van der Waals surface area contributed by atoms with Gasteiger partial charge in [-0.1, -0.05) is 84.9 Å². The summed E-state index contributed by atoms with van der Waals surface area (Å²) in [6.45, 7) is 3.27. The summed E-state index contributed by atoms with van der Waals surface area (Å²) in [7, 11) is 1.71. The molecular weight excluding hydrogens is 574 g/mol. The summed E-state index contributed by atoms with van der Waals surface area (Å²) >= 11 is 0. The predicted octanol–water partition coefficient (Wildman–Crippen LogP) is 3.96. The van der Waals surface area contributed by atoms with E-state index in [0.29, 0.717) is 12.8 Å². The Bertz CT molecular complexity index is 1680. The van der Waals surface area contributed by atoms with Crippen LogP contribution >= 0.6 is 0 Å². The predicted molar refractivity (Wildman–Crippen MR) is 183 cm³/mol. The SMILES string of the molecule is CN(C(=O)[C@@H](Cc1ccc2ccccc2c1)NC(=O)C1CCNCC1)C(Cc1ccc2ccccc2c1)C(=O)NC1CCNCC1. The lowest BCUT2D eigenvalue weighted by molar-refractivity contribution is -0.142. The monoisotopic (exact) mass is 619 g/mol. The molecule has 3 amide bonds. The maximum atomic E-state index is 14.5. The van der Waals surface area contributed by atoms with Gasteiger partial charge in [-0.2, -0.15) is 0 Å². The van der Waals surface area contributed by atoms with Crippen LogP contribution in [0.4, 0.5) is 0 Å². The number of hydrogen-bond acceptors (Lipinski definition) is 5. The molecule has 2 atom stereocenters. The maximum Gasteiger partial charge on any atom is 0.245 e. The van der Waals surface area contributed by atoms with Crippen molar-refractivity contribution in [1.82, 2.24) is 26.2 Å². The van der Waals surface area contributed by atoms with Gasteiger partial charge in [-0.15, -0.1) is 0 Å². The van der Waals surface area contributed by atoms with Crippen LogP contribution in [0.2, 0.25) is 0 Å². The number of fused-ring (bicyclic) bond motifs is 2. The minimum absolute atomic E-state index is 0.0596. The fourth-order valence-corrected chi connectivity index (χ4v) is 6.83. The highest BCUT2D eigenvalue weighted by Gasteiger charge is 2.35. The van der Waals surface area contributed by atoms with E-state index in [1.54, 1.807) is 11.9 Å². The second kappa shape index (κ2) is 14.9. The quantitative estimate of drug-likeness (QED) is 0.215. The third-order valence-electron chi connectivity index (χ3n) is 9.62. The highest BCUT2D eigenvalue weighted by molar-refractivity contribution is 5.93. The number of amides is 3. The lowest BCUT2D eigenvalue weighted by Crippen LogP contribution is -2.57. The van der Waals surface area contributed by atoms with Gasteiger partial charge in [0, 0.05) is 31.8 Å². The van der Waals surface area contributed by atoms with Gasteiger partial charge < -0.3 is 26.2 Å². The molecule has 4 N–H and O–H groups in total. The summed E-state index contributed by atoms with van der Waals surface area (Å²) in [4.78, 5) is 43.6. The van der Waals surface area contributed by atoms with Crippen molar-refractivity contribution in [3.05, 3.63) is 96.1 Å². The first-order chi connectivity index (χ1) is 22.4. The van der Waals surface area contributed by atoms with Crippen LogP contribution in [0.1, 0.15) is 36.8 Å². The Labute approximate surface area is 271 Å². The zero-order valence-electron chi connectivity index (χ0n) is 26.6. The van der Waals surface area contributed by atoms with Gasteiger partial charge in [-0.25, -0.2) is 0 Å². The van der Waals surface area contributed by atoms with Crippen molar-refractivity contribution >= 4 is 39.3 Å². The number of likely N-dealkylation sites (N-methyl/N-ethyl adjacent to an activating group) is 1. The van der Waals surface area contributed by atoms with Crippen molar-refractivity contribution in [2.75, 3.05) is 33.2 Å². The zero-order chi connectivity index (χ0) is 31.9. The van der Waals surface area contributed by atoms with Crippen molar-refractivity contribution in [3.8, 4) is 0 Å². The minimum atomic E-state index is -0.806. The third kappa shape index (κ3) is 7.74. The summed E-state index contributed by atoms with van der Waals surface area (Å²) in [5.41, 5.74) is 1.94. The number of benzene rings is 4. The molecule has 4 aromatic carbocycles. The summed E-state index contributed by atoms with van der Waals surface area (Å²) < 4.78 is 0. The van der Waals surface area contributed by atoms with E-state index in [-0.39, 0.29) is 29.7 Å². The number of piperidine rings is 2. The Hall–Kier alpha value is -4.27. The zero-order valence-corrected chi connectivity index (χ0v) is 26.6. The molecule has 0 bridgehead atoms. The van der Waals surface area contributed by atoms with Crippen molar-refractivity contribution < 1.29 is 14.4 Å². The smallest absolute Gasteiger partial charge is 0.245 e. The number of nitrogens with zero attached hydrogens (tertiary/aromatic N) is 1. The molecule has 0 aromatic heterocycles. The Balaban J connectivity index is 1.28. The van der Waals surface area contributed by atoms with Crippen LogP contribution in [0.3, 0.4) is 0 Å². The lowest BCUT2D eigenvalue weighted by Gasteiger charge is -2.34. The molecule has 2 saturated heterocycles. The molecule has 4 aromatic rings. The maximum absolute atomic E-state index is 14.5. The Morgan fingerprint density at radius 3 is 1.83 bits per heavy atom. The molecule has 0 spiro atoms. The molecule has 240 valence electrons. The van der Waals surface area contributed by atoms with Crippen LogP contribution in [0, 0.1) is 5.92 Å². The van der Waals surface area contributed by atoms with Crippen LogP contribution in [0.5, 0.6) is 0 Å². The van der Waals surface area contributed by atoms with Gasteiger partial charge in [-0.05, 0) is 84.5 Å². The molecule has 2 fully saturated rings. The first kappa shape index (κ1) is 31.7. The molecule has 0 aliphatic carbocycles. The van der Waals surface area contributed by atoms with Crippen LogP contribution in [0.15, 0.2) is 84.9 Å². The van der Waals surface area contributed by atoms with E-state index in [9.17, 15) is 14.4 Å². The Kier molecular flexibility index (Phi) is 10.3. The second-order valence-electron chi connectivity index (χ2n) is 12.9. The van der Waals surface area contributed by atoms with Gasteiger partial charge in [-0.3, -0.25) is 14.4 Å². The summed E-state index contributed by atoms with van der Waals surface area (Å²) in [5.74, 6) is -0.666. The Morgan fingerprint density at radius 1 is 0.717 bits per heavy atom. The van der Waals surface area contributed by atoms with Crippen LogP contribution in [-0.2, 0) is 27.2 Å². The molecule has 0 saturated carbocycles. The van der Waals surface area contributed by atoms with Gasteiger partial charge >= 0.3 is 0 Å². The van der Waals surface area contributed by atoms with Crippen molar-refractivity contribution in [2.45, 2.75) is 56.7 Å². The largest absolute Gasteiger partial charge is 0.351 e. The van der Waals surface area contributed by atoms with E-state index in [1.807, 2.05) is 36.4 Å². The van der Waals surface area contributed by atoms with E-state index in [0.717, 1.165) is 84.5 Å². The summed E-state index contributed by atoms with van der Waals surface area (Å²) in [6, 6.07) is 27.2. The minimum Gasteiger partial charge on any atom is -0.351 e. The van der Waals surface area contributed by atoms with Crippen LogP contribution in [0.25, 0.3) is 21.5 Å². The Morgan fingerprint density at radius 2 is 1.24 bits per heavy atom. The average molecular weight is 620 g/mol. The fourth-order valence-electron chi connectivity index (χ4n) is 6.83. The molecule has 46 heavy (non-hydrogen) atoms. The first-order valence-electron chi connectivity index (χ1n) is 16.7. The average Bonchev–Trinajstić information content (AvgIpc) is 3.10. The van der Waals surface area contributed by atoms with E-state index >= 15 is 0 Å². The number of rotatable bonds is 10. The third-order valence-corrected chi connectivity index (χ3v) is 9.62. The number of hydrogen-bond donors (Lipinski definition) is 4. The molecule has 2 aliphatic rings. The van der Waals surface area contributed by atoms with E-state index in [4.69, 9.17) is 0 Å².